The maximum atomic E-state index is 12.5. The number of amides is 1. The Bertz CT molecular complexity index is 816. The molecule has 5 heteroatoms. The summed E-state index contributed by atoms with van der Waals surface area (Å²) in [5.74, 6) is 1.41. The molecule has 1 N–H and O–H groups in total. The van der Waals surface area contributed by atoms with Gasteiger partial charge in [-0.2, -0.15) is 11.3 Å². The van der Waals surface area contributed by atoms with Gasteiger partial charge in [-0.3, -0.25) is 4.79 Å². The van der Waals surface area contributed by atoms with E-state index in [4.69, 9.17) is 4.74 Å². The Kier molecular flexibility index (Phi) is 5.56. The molecule has 3 aromatic rings. The van der Waals surface area contributed by atoms with E-state index in [1.807, 2.05) is 36.4 Å². The summed E-state index contributed by atoms with van der Waals surface area (Å²) in [6.07, 6.45) is 0. The second kappa shape index (κ2) is 8.04. The molecule has 3 rings (SSSR count). The zero-order chi connectivity index (χ0) is 16.8. The van der Waals surface area contributed by atoms with Crippen molar-refractivity contribution in [3.05, 3.63) is 76.5 Å². The van der Waals surface area contributed by atoms with Gasteiger partial charge >= 0.3 is 0 Å². The van der Waals surface area contributed by atoms with Crippen LogP contribution in [0.3, 0.4) is 0 Å². The standard InChI is InChI=1S/C19H17NO2S2/c1-22-16-6-4-5-15(11-16)19(21)20-17-7-2-3-8-18(17)24-13-14-9-10-23-12-14/h2-12H,13H2,1H3,(H,20,21). The molecule has 122 valence electrons. The number of carbonyl (C=O) groups is 1. The first-order valence-electron chi connectivity index (χ1n) is 7.44. The summed E-state index contributed by atoms with van der Waals surface area (Å²) in [6, 6.07) is 17.1. The van der Waals surface area contributed by atoms with Crippen LogP contribution in [0.4, 0.5) is 5.69 Å². The van der Waals surface area contributed by atoms with Crippen LogP contribution in [0.5, 0.6) is 5.75 Å². The van der Waals surface area contributed by atoms with E-state index < -0.39 is 0 Å². The molecule has 1 amide bonds. The zero-order valence-electron chi connectivity index (χ0n) is 13.2. The number of carbonyl (C=O) groups excluding carboxylic acids is 1. The largest absolute Gasteiger partial charge is 0.497 e. The van der Waals surface area contributed by atoms with Gasteiger partial charge in [-0.15, -0.1) is 11.8 Å². The van der Waals surface area contributed by atoms with E-state index in [1.54, 1.807) is 42.3 Å². The maximum absolute atomic E-state index is 12.5. The van der Waals surface area contributed by atoms with Crippen molar-refractivity contribution in [2.24, 2.45) is 0 Å². The van der Waals surface area contributed by atoms with E-state index in [0.29, 0.717) is 11.3 Å². The average Bonchev–Trinajstić information content (AvgIpc) is 3.14. The van der Waals surface area contributed by atoms with E-state index in [0.717, 1.165) is 16.3 Å². The minimum atomic E-state index is -0.141. The fraction of sp³-hybridized carbons (Fsp3) is 0.105. The predicted octanol–water partition coefficient (Wildman–Crippen LogP) is 5.30. The third kappa shape index (κ3) is 4.19. The highest BCUT2D eigenvalue weighted by molar-refractivity contribution is 7.98. The second-order valence-corrected chi connectivity index (χ2v) is 6.90. The van der Waals surface area contributed by atoms with Gasteiger partial charge in [-0.05, 0) is 52.7 Å². The lowest BCUT2D eigenvalue weighted by atomic mass is 10.2. The minimum absolute atomic E-state index is 0.141. The lowest BCUT2D eigenvalue weighted by Crippen LogP contribution is -2.12. The van der Waals surface area contributed by atoms with E-state index in [-0.39, 0.29) is 5.91 Å². The Labute approximate surface area is 149 Å². The molecule has 0 aliphatic carbocycles. The molecule has 0 aliphatic heterocycles. The Morgan fingerprint density at radius 1 is 1.17 bits per heavy atom. The van der Waals surface area contributed by atoms with E-state index in [1.165, 1.54) is 5.56 Å². The topological polar surface area (TPSA) is 38.3 Å². The number of nitrogens with one attached hydrogen (secondary N) is 1. The first kappa shape index (κ1) is 16.6. The Morgan fingerprint density at radius 2 is 2.04 bits per heavy atom. The van der Waals surface area contributed by atoms with Crippen LogP contribution in [-0.4, -0.2) is 13.0 Å². The number of thiophene rings is 1. The number of hydrogen-bond donors (Lipinski definition) is 1. The monoisotopic (exact) mass is 355 g/mol. The fourth-order valence-corrected chi connectivity index (χ4v) is 3.92. The normalized spacial score (nSPS) is 10.4. The third-order valence-corrected chi connectivity index (χ3v) is 5.32. The molecule has 0 saturated heterocycles. The molecular weight excluding hydrogens is 338 g/mol. The van der Waals surface area contributed by atoms with E-state index in [9.17, 15) is 4.79 Å². The van der Waals surface area contributed by atoms with Gasteiger partial charge in [0.15, 0.2) is 0 Å². The number of anilines is 1. The summed E-state index contributed by atoms with van der Waals surface area (Å²) >= 11 is 3.41. The van der Waals surface area contributed by atoms with E-state index >= 15 is 0 Å². The molecular formula is C19H17NO2S2. The predicted molar refractivity (Wildman–Crippen MR) is 101 cm³/mol. The number of benzene rings is 2. The molecule has 1 aromatic heterocycles. The van der Waals surface area contributed by atoms with Crippen LogP contribution in [-0.2, 0) is 5.75 Å². The summed E-state index contributed by atoms with van der Waals surface area (Å²) in [7, 11) is 1.59. The minimum Gasteiger partial charge on any atom is -0.497 e. The molecule has 24 heavy (non-hydrogen) atoms. The van der Waals surface area contributed by atoms with Crippen molar-refractivity contribution in [2.45, 2.75) is 10.6 Å². The molecule has 0 saturated carbocycles. The van der Waals surface area contributed by atoms with Gasteiger partial charge in [-0.25, -0.2) is 0 Å². The Morgan fingerprint density at radius 3 is 2.83 bits per heavy atom. The molecule has 3 nitrogen and oxygen atoms in total. The van der Waals surface area contributed by atoms with Gasteiger partial charge in [0.05, 0.1) is 12.8 Å². The summed E-state index contributed by atoms with van der Waals surface area (Å²) < 4.78 is 5.18. The molecule has 0 spiro atoms. The molecule has 2 aromatic carbocycles. The van der Waals surface area contributed by atoms with Crippen LogP contribution >= 0.6 is 23.1 Å². The van der Waals surface area contributed by atoms with Crippen molar-refractivity contribution < 1.29 is 9.53 Å². The highest BCUT2D eigenvalue weighted by Crippen LogP contribution is 2.30. The van der Waals surface area contributed by atoms with Crippen molar-refractivity contribution in [1.29, 1.82) is 0 Å². The number of ether oxygens (including phenoxy) is 1. The van der Waals surface area contributed by atoms with Crippen LogP contribution in [0.1, 0.15) is 15.9 Å². The number of thioether (sulfide) groups is 1. The lowest BCUT2D eigenvalue weighted by Gasteiger charge is -2.11. The maximum Gasteiger partial charge on any atom is 0.255 e. The summed E-state index contributed by atoms with van der Waals surface area (Å²) in [4.78, 5) is 13.5. The molecule has 0 bridgehead atoms. The number of methoxy groups -OCH3 is 1. The molecule has 0 atom stereocenters. The van der Waals surface area contributed by atoms with Crippen LogP contribution in [0, 0.1) is 0 Å². The number of hydrogen-bond acceptors (Lipinski definition) is 4. The third-order valence-electron chi connectivity index (χ3n) is 3.44. The Hall–Kier alpha value is -2.24. The first-order valence-corrected chi connectivity index (χ1v) is 9.37. The van der Waals surface area contributed by atoms with Gasteiger partial charge in [0, 0.05) is 16.2 Å². The Balaban J connectivity index is 1.73. The van der Waals surface area contributed by atoms with E-state index in [2.05, 4.69) is 22.1 Å². The van der Waals surface area contributed by atoms with Gasteiger partial charge in [0.2, 0.25) is 0 Å². The highest BCUT2D eigenvalue weighted by atomic mass is 32.2. The van der Waals surface area contributed by atoms with Gasteiger partial charge in [0.25, 0.3) is 5.91 Å². The van der Waals surface area contributed by atoms with Crippen LogP contribution < -0.4 is 10.1 Å². The van der Waals surface area contributed by atoms with Crippen molar-refractivity contribution in [3.8, 4) is 5.75 Å². The second-order valence-electron chi connectivity index (χ2n) is 5.10. The number of rotatable bonds is 6. The number of para-hydroxylation sites is 1. The summed E-state index contributed by atoms with van der Waals surface area (Å²) in [5, 5.41) is 7.21. The van der Waals surface area contributed by atoms with Crippen LogP contribution in [0.15, 0.2) is 70.3 Å². The quantitative estimate of drug-likeness (QED) is 0.610. The molecule has 0 fully saturated rings. The first-order chi connectivity index (χ1) is 11.8. The molecule has 0 aliphatic rings. The van der Waals surface area contributed by atoms with Crippen LogP contribution in [0.2, 0.25) is 0 Å². The van der Waals surface area contributed by atoms with Gasteiger partial charge < -0.3 is 10.1 Å². The van der Waals surface area contributed by atoms with Crippen molar-refractivity contribution in [3.63, 3.8) is 0 Å². The average molecular weight is 355 g/mol. The highest BCUT2D eigenvalue weighted by Gasteiger charge is 2.10. The smallest absolute Gasteiger partial charge is 0.255 e. The fourth-order valence-electron chi connectivity index (χ4n) is 2.19. The van der Waals surface area contributed by atoms with Crippen molar-refractivity contribution in [1.82, 2.24) is 0 Å². The lowest BCUT2D eigenvalue weighted by molar-refractivity contribution is 0.102. The SMILES string of the molecule is COc1cccc(C(=O)Nc2ccccc2SCc2ccsc2)c1. The van der Waals surface area contributed by atoms with Crippen molar-refractivity contribution >= 4 is 34.7 Å². The van der Waals surface area contributed by atoms with Crippen LogP contribution in [0.25, 0.3) is 0 Å². The van der Waals surface area contributed by atoms with Gasteiger partial charge in [-0.1, -0.05) is 18.2 Å². The molecule has 0 radical (unpaired) electrons. The molecule has 1 heterocycles. The molecule has 0 unspecified atom stereocenters. The van der Waals surface area contributed by atoms with Gasteiger partial charge in [0.1, 0.15) is 5.75 Å². The van der Waals surface area contributed by atoms with Crippen molar-refractivity contribution in [2.75, 3.05) is 12.4 Å². The zero-order valence-corrected chi connectivity index (χ0v) is 14.8. The summed E-state index contributed by atoms with van der Waals surface area (Å²) in [6.45, 7) is 0. The summed E-state index contributed by atoms with van der Waals surface area (Å²) in [5.41, 5.74) is 2.69.